The fourth-order valence-corrected chi connectivity index (χ4v) is 6.39. The average Bonchev–Trinajstić information content (AvgIpc) is 3.50. The maximum Gasteiger partial charge on any atom is 0.192 e. The highest BCUT2D eigenvalue weighted by Gasteiger charge is 2.26. The SMILES string of the molecule is Cc1nc(S(C)(=O)=O)ccc1-c1csc2c(N3CCOC[C@H]3C)nc(-c3cccc4[nH]ccc34)nc12. The summed E-state index contributed by atoms with van der Waals surface area (Å²) >= 11 is 1.60. The van der Waals surface area contributed by atoms with Crippen molar-refractivity contribution in [2.24, 2.45) is 0 Å². The zero-order valence-corrected chi connectivity index (χ0v) is 21.8. The number of aryl methyl sites for hydroxylation is 1. The predicted octanol–water partition coefficient (Wildman–Crippen LogP) is 4.84. The normalized spacial score (nSPS) is 16.8. The van der Waals surface area contributed by atoms with Crippen LogP contribution in [0.25, 0.3) is 43.6 Å². The average molecular weight is 520 g/mol. The van der Waals surface area contributed by atoms with Crippen molar-refractivity contribution in [1.82, 2.24) is 19.9 Å². The van der Waals surface area contributed by atoms with Crippen molar-refractivity contribution < 1.29 is 13.2 Å². The number of hydrogen-bond donors (Lipinski definition) is 1. The van der Waals surface area contributed by atoms with Crippen LogP contribution < -0.4 is 4.90 Å². The highest BCUT2D eigenvalue weighted by Crippen LogP contribution is 2.41. The summed E-state index contributed by atoms with van der Waals surface area (Å²) in [5.41, 5.74) is 5.25. The molecule has 0 aliphatic carbocycles. The summed E-state index contributed by atoms with van der Waals surface area (Å²) in [5, 5.41) is 3.20. The minimum Gasteiger partial charge on any atom is -0.377 e. The molecular weight excluding hydrogens is 494 g/mol. The number of aromatic nitrogens is 4. The number of aromatic amines is 1. The molecule has 4 aromatic heterocycles. The van der Waals surface area contributed by atoms with Crippen molar-refractivity contribution in [2.45, 2.75) is 24.9 Å². The number of ether oxygens (including phenoxy) is 1. The Balaban J connectivity index is 1.61. The third kappa shape index (κ3) is 3.85. The molecule has 0 unspecified atom stereocenters. The Bertz CT molecular complexity index is 1720. The van der Waals surface area contributed by atoms with Crippen LogP contribution in [-0.4, -0.2) is 60.4 Å². The van der Waals surface area contributed by atoms with Crippen LogP contribution in [0.4, 0.5) is 5.82 Å². The Hall–Kier alpha value is -3.34. The predicted molar refractivity (Wildman–Crippen MR) is 143 cm³/mol. The molecule has 10 heteroatoms. The summed E-state index contributed by atoms with van der Waals surface area (Å²) in [5.74, 6) is 1.55. The van der Waals surface area contributed by atoms with Crippen molar-refractivity contribution >= 4 is 48.1 Å². The first-order chi connectivity index (χ1) is 17.3. The van der Waals surface area contributed by atoms with Crippen LogP contribution in [0.5, 0.6) is 0 Å². The number of benzene rings is 1. The monoisotopic (exact) mass is 519 g/mol. The van der Waals surface area contributed by atoms with Gasteiger partial charge in [0.15, 0.2) is 26.5 Å². The van der Waals surface area contributed by atoms with Crippen LogP contribution in [-0.2, 0) is 14.6 Å². The number of H-pyrrole nitrogens is 1. The van der Waals surface area contributed by atoms with E-state index in [1.54, 1.807) is 17.4 Å². The number of nitrogens with zero attached hydrogens (tertiary/aromatic N) is 4. The number of thiophene rings is 1. The van der Waals surface area contributed by atoms with Crippen molar-refractivity contribution in [1.29, 1.82) is 0 Å². The zero-order valence-electron chi connectivity index (χ0n) is 20.1. The molecule has 1 N–H and O–H groups in total. The Kier molecular flexibility index (Phi) is 5.55. The van der Waals surface area contributed by atoms with Gasteiger partial charge in [-0.2, -0.15) is 0 Å². The molecular formula is C26H25N5O3S2. The van der Waals surface area contributed by atoms with Crippen LogP contribution in [0.3, 0.4) is 0 Å². The molecule has 5 aromatic rings. The first-order valence-corrected chi connectivity index (χ1v) is 14.5. The summed E-state index contributed by atoms with van der Waals surface area (Å²) in [4.78, 5) is 20.2. The molecule has 1 aliphatic heterocycles. The third-order valence-corrected chi connectivity index (χ3v) is 8.56. The van der Waals surface area contributed by atoms with E-state index in [0.717, 1.165) is 50.2 Å². The minimum atomic E-state index is -3.39. The largest absolute Gasteiger partial charge is 0.377 e. The van der Waals surface area contributed by atoms with Gasteiger partial charge in [0.1, 0.15) is 0 Å². The molecule has 184 valence electrons. The number of rotatable bonds is 4. The fraction of sp³-hybridized carbons (Fsp3) is 0.269. The first-order valence-electron chi connectivity index (χ1n) is 11.7. The van der Waals surface area contributed by atoms with Crippen molar-refractivity contribution in [3.8, 4) is 22.5 Å². The number of pyridine rings is 1. The summed E-state index contributed by atoms with van der Waals surface area (Å²) in [6.45, 7) is 6.01. The molecule has 5 heterocycles. The molecule has 0 spiro atoms. The van der Waals surface area contributed by atoms with E-state index in [0.29, 0.717) is 24.7 Å². The van der Waals surface area contributed by atoms with Crippen LogP contribution in [0.15, 0.2) is 53.0 Å². The molecule has 8 nitrogen and oxygen atoms in total. The Morgan fingerprint density at radius 1 is 1.08 bits per heavy atom. The number of nitrogens with one attached hydrogen (secondary N) is 1. The summed E-state index contributed by atoms with van der Waals surface area (Å²) < 4.78 is 30.8. The van der Waals surface area contributed by atoms with Crippen molar-refractivity contribution in [3.63, 3.8) is 0 Å². The van der Waals surface area contributed by atoms with E-state index in [1.165, 1.54) is 6.26 Å². The van der Waals surface area contributed by atoms with Gasteiger partial charge < -0.3 is 14.6 Å². The van der Waals surface area contributed by atoms with Gasteiger partial charge in [-0.3, -0.25) is 0 Å². The van der Waals surface area contributed by atoms with E-state index in [-0.39, 0.29) is 11.1 Å². The van der Waals surface area contributed by atoms with Crippen LogP contribution in [0.1, 0.15) is 12.6 Å². The number of sulfone groups is 1. The van der Waals surface area contributed by atoms with Gasteiger partial charge in [0.05, 0.1) is 29.5 Å². The van der Waals surface area contributed by atoms with Crippen LogP contribution in [0, 0.1) is 6.92 Å². The van der Waals surface area contributed by atoms with Gasteiger partial charge >= 0.3 is 0 Å². The number of morpholine rings is 1. The van der Waals surface area contributed by atoms with Crippen molar-refractivity contribution in [3.05, 3.63) is 53.7 Å². The standard InChI is InChI=1S/C26H25N5O3S2/c1-15-13-34-12-11-31(15)26-24-23(29-25(30-26)19-5-4-6-21-18(19)9-10-27-21)20(14-35-24)17-7-8-22(28-16(17)2)36(3,32)33/h4-10,14-15,27H,11-13H2,1-3H3/t15-/m1/s1. The second-order valence-electron chi connectivity index (χ2n) is 9.11. The first kappa shape index (κ1) is 23.1. The lowest BCUT2D eigenvalue weighted by Crippen LogP contribution is -2.44. The van der Waals surface area contributed by atoms with E-state index in [1.807, 2.05) is 43.5 Å². The molecule has 1 fully saturated rings. The molecule has 0 radical (unpaired) electrons. The van der Waals surface area contributed by atoms with E-state index < -0.39 is 9.84 Å². The van der Waals surface area contributed by atoms with Gasteiger partial charge in [-0.25, -0.2) is 23.4 Å². The smallest absolute Gasteiger partial charge is 0.192 e. The highest BCUT2D eigenvalue weighted by molar-refractivity contribution is 7.90. The van der Waals surface area contributed by atoms with Gasteiger partial charge in [-0.15, -0.1) is 11.3 Å². The lowest BCUT2D eigenvalue weighted by molar-refractivity contribution is 0.0987. The quantitative estimate of drug-likeness (QED) is 0.363. The van der Waals surface area contributed by atoms with Crippen LogP contribution in [0.2, 0.25) is 0 Å². The lowest BCUT2D eigenvalue weighted by atomic mass is 10.1. The Morgan fingerprint density at radius 2 is 1.94 bits per heavy atom. The van der Waals surface area contributed by atoms with Gasteiger partial charge in [-0.05, 0) is 38.1 Å². The van der Waals surface area contributed by atoms with E-state index in [2.05, 4.69) is 27.2 Å². The molecule has 36 heavy (non-hydrogen) atoms. The minimum absolute atomic E-state index is 0.0700. The Labute approximate surface area is 212 Å². The van der Waals surface area contributed by atoms with Crippen LogP contribution >= 0.6 is 11.3 Å². The number of fused-ring (bicyclic) bond motifs is 2. The third-order valence-electron chi connectivity index (χ3n) is 6.60. The number of anilines is 1. The zero-order chi connectivity index (χ0) is 25.0. The molecule has 0 bridgehead atoms. The Morgan fingerprint density at radius 3 is 2.72 bits per heavy atom. The van der Waals surface area contributed by atoms with E-state index >= 15 is 0 Å². The molecule has 0 amide bonds. The van der Waals surface area contributed by atoms with Gasteiger partial charge in [0.2, 0.25) is 0 Å². The molecule has 0 saturated carbocycles. The fourth-order valence-electron chi connectivity index (χ4n) is 4.76. The van der Waals surface area contributed by atoms with E-state index in [9.17, 15) is 8.42 Å². The summed E-state index contributed by atoms with van der Waals surface area (Å²) in [7, 11) is -3.39. The van der Waals surface area contributed by atoms with Gasteiger partial charge in [-0.1, -0.05) is 12.1 Å². The topological polar surface area (TPSA) is 101 Å². The second-order valence-corrected chi connectivity index (χ2v) is 12.0. The summed E-state index contributed by atoms with van der Waals surface area (Å²) in [6, 6.07) is 11.7. The van der Waals surface area contributed by atoms with Gasteiger partial charge in [0, 0.05) is 57.7 Å². The maximum atomic E-state index is 12.0. The molecule has 1 atom stereocenters. The summed E-state index contributed by atoms with van der Waals surface area (Å²) in [6.07, 6.45) is 3.09. The molecule has 1 aliphatic rings. The second kappa shape index (κ2) is 8.65. The molecule has 1 saturated heterocycles. The molecule has 6 rings (SSSR count). The highest BCUT2D eigenvalue weighted by atomic mass is 32.2. The number of hydrogen-bond acceptors (Lipinski definition) is 8. The molecule has 1 aromatic carbocycles. The van der Waals surface area contributed by atoms with Crippen molar-refractivity contribution in [2.75, 3.05) is 30.9 Å². The van der Waals surface area contributed by atoms with Gasteiger partial charge in [0.25, 0.3) is 0 Å². The maximum absolute atomic E-state index is 12.0. The van der Waals surface area contributed by atoms with E-state index in [4.69, 9.17) is 14.7 Å². The lowest BCUT2D eigenvalue weighted by Gasteiger charge is -2.34.